The Labute approximate surface area is 164 Å². The van der Waals surface area contributed by atoms with Crippen LogP contribution in [0.4, 0.5) is 5.82 Å². The Bertz CT molecular complexity index is 1100. The van der Waals surface area contributed by atoms with Gasteiger partial charge in [0.25, 0.3) is 0 Å². The lowest BCUT2D eigenvalue weighted by Gasteiger charge is -2.11. The first-order valence-electron chi connectivity index (χ1n) is 9.36. The van der Waals surface area contributed by atoms with Crippen LogP contribution in [0, 0.1) is 13.8 Å². The minimum Gasteiger partial charge on any atom is -0.392 e. The molecule has 0 spiro atoms. The van der Waals surface area contributed by atoms with Crippen LogP contribution >= 0.6 is 0 Å². The number of fused-ring (bicyclic) bond motifs is 1. The summed E-state index contributed by atoms with van der Waals surface area (Å²) in [7, 11) is 0. The van der Waals surface area contributed by atoms with Crippen molar-refractivity contribution in [3.8, 4) is 17.1 Å². The van der Waals surface area contributed by atoms with Gasteiger partial charge < -0.3 is 10.8 Å². The van der Waals surface area contributed by atoms with Gasteiger partial charge in [0.2, 0.25) is 0 Å². The third kappa shape index (κ3) is 3.46. The lowest BCUT2D eigenvalue weighted by atomic mass is 10.2. The monoisotopic (exact) mass is 375 g/mol. The van der Waals surface area contributed by atoms with Crippen molar-refractivity contribution < 1.29 is 5.11 Å². The van der Waals surface area contributed by atoms with Crippen molar-refractivity contribution in [3.05, 3.63) is 65.5 Å². The van der Waals surface area contributed by atoms with Crippen LogP contribution in [0.5, 0.6) is 0 Å². The first-order chi connectivity index (χ1) is 13.6. The molecule has 3 N–H and O–H groups in total. The number of aryl methyl sites for hydroxylation is 2. The molecule has 3 heterocycles. The van der Waals surface area contributed by atoms with Gasteiger partial charge in [0.05, 0.1) is 12.2 Å². The molecule has 0 aliphatic carbocycles. The number of nitrogens with two attached hydrogens (primary N) is 1. The Morgan fingerprint density at radius 3 is 2.39 bits per heavy atom. The molecule has 0 atom stereocenters. The van der Waals surface area contributed by atoms with E-state index in [1.807, 2.05) is 74.7 Å². The Morgan fingerprint density at radius 1 is 1.04 bits per heavy atom. The SMILES string of the molecule is CC.Cc1cc(C)c2nc(-c3cccnc3N)n(-c3ccc(CO)cc3)c2n1. The minimum atomic E-state index is 0.00380. The highest BCUT2D eigenvalue weighted by Crippen LogP contribution is 2.31. The summed E-state index contributed by atoms with van der Waals surface area (Å²) in [6.45, 7) is 8.00. The number of aromatic nitrogens is 4. The third-order valence-corrected chi connectivity index (χ3v) is 4.39. The highest BCUT2D eigenvalue weighted by molar-refractivity contribution is 5.84. The molecule has 0 unspecified atom stereocenters. The van der Waals surface area contributed by atoms with E-state index in [1.165, 1.54) is 0 Å². The molecule has 1 aromatic carbocycles. The molecule has 0 fully saturated rings. The van der Waals surface area contributed by atoms with Crippen LogP contribution < -0.4 is 5.73 Å². The molecule has 4 aromatic rings. The molecular weight excluding hydrogens is 350 g/mol. The van der Waals surface area contributed by atoms with Gasteiger partial charge in [-0.2, -0.15) is 0 Å². The van der Waals surface area contributed by atoms with Gasteiger partial charge in [-0.3, -0.25) is 4.57 Å². The summed E-state index contributed by atoms with van der Waals surface area (Å²) in [6, 6.07) is 13.4. The molecule has 6 heteroatoms. The van der Waals surface area contributed by atoms with E-state index in [1.54, 1.807) is 6.20 Å². The Kier molecular flexibility index (Phi) is 5.70. The molecule has 0 aliphatic heterocycles. The molecule has 0 aliphatic rings. The van der Waals surface area contributed by atoms with Gasteiger partial charge in [0.1, 0.15) is 11.3 Å². The number of aliphatic hydroxyl groups excluding tert-OH is 1. The average Bonchev–Trinajstić information content (AvgIpc) is 3.09. The van der Waals surface area contributed by atoms with Gasteiger partial charge in [0, 0.05) is 17.6 Å². The van der Waals surface area contributed by atoms with E-state index in [0.29, 0.717) is 11.6 Å². The highest BCUT2D eigenvalue weighted by Gasteiger charge is 2.19. The van der Waals surface area contributed by atoms with Crippen LogP contribution in [0.25, 0.3) is 28.2 Å². The Balaban J connectivity index is 0.00000109. The molecule has 0 bridgehead atoms. The van der Waals surface area contributed by atoms with Crippen molar-refractivity contribution in [2.75, 3.05) is 5.73 Å². The molecule has 0 radical (unpaired) electrons. The van der Waals surface area contributed by atoms with Crippen molar-refractivity contribution in [3.63, 3.8) is 0 Å². The van der Waals surface area contributed by atoms with E-state index in [9.17, 15) is 5.11 Å². The van der Waals surface area contributed by atoms with E-state index in [4.69, 9.17) is 15.7 Å². The van der Waals surface area contributed by atoms with Crippen LogP contribution in [0.2, 0.25) is 0 Å². The molecule has 144 valence electrons. The maximum atomic E-state index is 9.32. The van der Waals surface area contributed by atoms with Crippen LogP contribution in [-0.4, -0.2) is 24.6 Å². The smallest absolute Gasteiger partial charge is 0.165 e. The second-order valence-corrected chi connectivity index (χ2v) is 6.28. The van der Waals surface area contributed by atoms with E-state index >= 15 is 0 Å². The standard InChI is InChI=1S/C20H19N5O.C2H6/c1-12-10-13(2)23-20-17(12)24-19(16-4-3-9-22-18(16)21)25(20)15-7-5-14(11-26)6-8-15;1-2/h3-10,26H,11H2,1-2H3,(H2,21,22);1-2H3. The van der Waals surface area contributed by atoms with Crippen LogP contribution in [-0.2, 0) is 6.61 Å². The maximum Gasteiger partial charge on any atom is 0.165 e. The maximum absolute atomic E-state index is 9.32. The van der Waals surface area contributed by atoms with Crippen molar-refractivity contribution in [1.29, 1.82) is 0 Å². The molecule has 6 nitrogen and oxygen atoms in total. The normalized spacial score (nSPS) is 10.6. The predicted molar refractivity (Wildman–Crippen MR) is 113 cm³/mol. The number of aliphatic hydroxyl groups is 1. The van der Waals surface area contributed by atoms with Crippen molar-refractivity contribution in [1.82, 2.24) is 19.5 Å². The summed E-state index contributed by atoms with van der Waals surface area (Å²) in [4.78, 5) is 13.8. The minimum absolute atomic E-state index is 0.00380. The van der Waals surface area contributed by atoms with Gasteiger partial charge in [-0.15, -0.1) is 0 Å². The van der Waals surface area contributed by atoms with Gasteiger partial charge in [0.15, 0.2) is 11.5 Å². The van der Waals surface area contributed by atoms with Gasteiger partial charge in [-0.1, -0.05) is 26.0 Å². The number of hydrogen-bond acceptors (Lipinski definition) is 5. The summed E-state index contributed by atoms with van der Waals surface area (Å²) in [5.74, 6) is 1.12. The van der Waals surface area contributed by atoms with Gasteiger partial charge in [-0.25, -0.2) is 15.0 Å². The van der Waals surface area contributed by atoms with Crippen LogP contribution in [0.15, 0.2) is 48.7 Å². The second-order valence-electron chi connectivity index (χ2n) is 6.28. The fourth-order valence-electron chi connectivity index (χ4n) is 3.14. The number of hydrogen-bond donors (Lipinski definition) is 2. The van der Waals surface area contributed by atoms with Crippen LogP contribution in [0.3, 0.4) is 0 Å². The van der Waals surface area contributed by atoms with Crippen molar-refractivity contribution in [2.24, 2.45) is 0 Å². The average molecular weight is 375 g/mol. The number of pyridine rings is 2. The quantitative estimate of drug-likeness (QED) is 0.560. The number of benzene rings is 1. The number of anilines is 1. The van der Waals surface area contributed by atoms with Crippen molar-refractivity contribution in [2.45, 2.75) is 34.3 Å². The lowest BCUT2D eigenvalue weighted by molar-refractivity contribution is 0.282. The zero-order chi connectivity index (χ0) is 20.3. The number of rotatable bonds is 3. The zero-order valence-corrected chi connectivity index (χ0v) is 16.6. The Morgan fingerprint density at radius 2 is 1.75 bits per heavy atom. The summed E-state index contributed by atoms with van der Waals surface area (Å²) >= 11 is 0. The Hall–Kier alpha value is -3.25. The summed E-state index contributed by atoms with van der Waals surface area (Å²) in [5, 5.41) is 9.32. The number of nitrogen functional groups attached to an aromatic ring is 1. The molecule has 0 saturated heterocycles. The molecule has 4 rings (SSSR count). The lowest BCUT2D eigenvalue weighted by Crippen LogP contribution is -2.02. The zero-order valence-electron chi connectivity index (χ0n) is 16.6. The second kappa shape index (κ2) is 8.19. The number of nitrogens with zero attached hydrogens (tertiary/aromatic N) is 4. The largest absolute Gasteiger partial charge is 0.392 e. The molecule has 3 aromatic heterocycles. The topological polar surface area (TPSA) is 89.8 Å². The van der Waals surface area contributed by atoms with E-state index in [2.05, 4.69) is 4.98 Å². The first-order valence-corrected chi connectivity index (χ1v) is 9.36. The van der Waals surface area contributed by atoms with Gasteiger partial charge >= 0.3 is 0 Å². The molecule has 0 amide bonds. The molecule has 28 heavy (non-hydrogen) atoms. The van der Waals surface area contributed by atoms with E-state index < -0.39 is 0 Å². The summed E-state index contributed by atoms with van der Waals surface area (Å²) < 4.78 is 1.99. The van der Waals surface area contributed by atoms with E-state index in [0.717, 1.165) is 39.2 Å². The highest BCUT2D eigenvalue weighted by atomic mass is 16.3. The van der Waals surface area contributed by atoms with Crippen LogP contribution in [0.1, 0.15) is 30.7 Å². The first kappa shape index (κ1) is 19.5. The van der Waals surface area contributed by atoms with Crippen molar-refractivity contribution >= 4 is 17.0 Å². The van der Waals surface area contributed by atoms with Gasteiger partial charge in [-0.05, 0) is 55.3 Å². The van der Waals surface area contributed by atoms with E-state index in [-0.39, 0.29) is 6.61 Å². The fraction of sp³-hybridized carbons (Fsp3) is 0.227. The fourth-order valence-corrected chi connectivity index (χ4v) is 3.14. The molecule has 0 saturated carbocycles. The number of imidazole rings is 1. The third-order valence-electron chi connectivity index (χ3n) is 4.39. The molecular formula is C22H25N5O. The predicted octanol–water partition coefficient (Wildman–Crippen LogP) is 4.20. The summed E-state index contributed by atoms with van der Waals surface area (Å²) in [5.41, 5.74) is 12.2. The summed E-state index contributed by atoms with van der Waals surface area (Å²) in [6.07, 6.45) is 1.66.